The van der Waals surface area contributed by atoms with Crippen molar-refractivity contribution in [2.75, 3.05) is 0 Å². The second kappa shape index (κ2) is 3.55. The number of aromatic nitrogens is 4. The summed E-state index contributed by atoms with van der Waals surface area (Å²) in [6.07, 6.45) is 0. The van der Waals surface area contributed by atoms with Crippen LogP contribution in [-0.2, 0) is 0 Å². The summed E-state index contributed by atoms with van der Waals surface area (Å²) in [5, 5.41) is 20.8. The van der Waals surface area contributed by atoms with Crippen molar-refractivity contribution in [3.05, 3.63) is 23.1 Å². The number of aryl methyl sites for hydroxylation is 1. The van der Waals surface area contributed by atoms with Crippen LogP contribution in [0.15, 0.2) is 6.07 Å². The molecule has 6 nitrogen and oxygen atoms in total. The molecular formula is C10H12N4O2. The van der Waals surface area contributed by atoms with E-state index in [4.69, 9.17) is 5.11 Å². The quantitative estimate of drug-likeness (QED) is 0.823. The Morgan fingerprint density at radius 2 is 2.12 bits per heavy atom. The van der Waals surface area contributed by atoms with Crippen molar-refractivity contribution in [3.8, 4) is 0 Å². The lowest BCUT2D eigenvalue weighted by atomic mass is 10.1. The third-order valence-corrected chi connectivity index (χ3v) is 2.29. The van der Waals surface area contributed by atoms with Gasteiger partial charge in [-0.2, -0.15) is 5.10 Å². The molecule has 0 unspecified atom stereocenters. The van der Waals surface area contributed by atoms with E-state index in [0.29, 0.717) is 11.3 Å². The maximum absolute atomic E-state index is 11.0. The number of nitrogens with zero attached hydrogens (tertiary/aromatic N) is 4. The fourth-order valence-electron chi connectivity index (χ4n) is 1.66. The van der Waals surface area contributed by atoms with Crippen molar-refractivity contribution in [1.29, 1.82) is 0 Å². The highest BCUT2D eigenvalue weighted by Gasteiger charge is 2.20. The Balaban J connectivity index is 2.83. The van der Waals surface area contributed by atoms with Crippen LogP contribution in [0.3, 0.4) is 0 Å². The molecule has 2 aromatic heterocycles. The van der Waals surface area contributed by atoms with Gasteiger partial charge in [0.05, 0.1) is 11.4 Å². The van der Waals surface area contributed by atoms with E-state index in [1.165, 1.54) is 0 Å². The molecule has 0 fully saturated rings. The maximum atomic E-state index is 11.0. The van der Waals surface area contributed by atoms with Crippen molar-refractivity contribution >= 4 is 11.6 Å². The van der Waals surface area contributed by atoms with Gasteiger partial charge in [0.1, 0.15) is 0 Å². The van der Waals surface area contributed by atoms with Crippen LogP contribution in [0.2, 0.25) is 0 Å². The average molecular weight is 220 g/mol. The minimum absolute atomic E-state index is 0.0170. The first-order chi connectivity index (χ1) is 7.50. The number of aromatic carboxylic acids is 1. The van der Waals surface area contributed by atoms with E-state index < -0.39 is 5.97 Å². The van der Waals surface area contributed by atoms with Crippen molar-refractivity contribution in [2.24, 2.45) is 0 Å². The van der Waals surface area contributed by atoms with Gasteiger partial charge in [-0.05, 0) is 12.8 Å². The number of hydrogen-bond acceptors (Lipinski definition) is 4. The second-order valence-electron chi connectivity index (χ2n) is 3.95. The predicted octanol–water partition coefficient (Wildman–Crippen LogP) is 1.25. The summed E-state index contributed by atoms with van der Waals surface area (Å²) in [7, 11) is 0. The SMILES string of the molecule is Cc1cc2nnc(C(=O)O)c(C(C)C)n2n1. The average Bonchev–Trinajstić information content (AvgIpc) is 2.55. The summed E-state index contributed by atoms with van der Waals surface area (Å²) in [6, 6.07) is 1.77. The Bertz CT molecular complexity index is 559. The van der Waals surface area contributed by atoms with Gasteiger partial charge in [-0.25, -0.2) is 9.31 Å². The summed E-state index contributed by atoms with van der Waals surface area (Å²) in [4.78, 5) is 11.0. The zero-order chi connectivity index (χ0) is 11.9. The lowest BCUT2D eigenvalue weighted by molar-refractivity contribution is 0.0686. The lowest BCUT2D eigenvalue weighted by Gasteiger charge is -2.09. The molecule has 0 saturated heterocycles. The van der Waals surface area contributed by atoms with E-state index in [0.717, 1.165) is 5.69 Å². The fourth-order valence-corrected chi connectivity index (χ4v) is 1.66. The third-order valence-electron chi connectivity index (χ3n) is 2.29. The molecule has 2 heterocycles. The number of carboxylic acids is 1. The minimum atomic E-state index is -1.08. The van der Waals surface area contributed by atoms with E-state index >= 15 is 0 Å². The molecule has 0 radical (unpaired) electrons. The van der Waals surface area contributed by atoms with Crippen molar-refractivity contribution in [2.45, 2.75) is 26.7 Å². The first-order valence-corrected chi connectivity index (χ1v) is 4.97. The monoisotopic (exact) mass is 220 g/mol. The molecule has 0 aromatic carbocycles. The topological polar surface area (TPSA) is 80.4 Å². The molecule has 0 atom stereocenters. The van der Waals surface area contributed by atoms with Gasteiger partial charge in [-0.15, -0.1) is 10.2 Å². The molecular weight excluding hydrogens is 208 g/mol. The minimum Gasteiger partial charge on any atom is -0.476 e. The van der Waals surface area contributed by atoms with Crippen LogP contribution in [0, 0.1) is 6.92 Å². The number of hydrogen-bond donors (Lipinski definition) is 1. The van der Waals surface area contributed by atoms with Gasteiger partial charge in [0.15, 0.2) is 11.3 Å². The Kier molecular flexibility index (Phi) is 2.34. The zero-order valence-corrected chi connectivity index (χ0v) is 9.30. The van der Waals surface area contributed by atoms with Crippen LogP contribution in [0.5, 0.6) is 0 Å². The van der Waals surface area contributed by atoms with Crippen molar-refractivity contribution in [3.63, 3.8) is 0 Å². The molecule has 84 valence electrons. The van der Waals surface area contributed by atoms with Crippen LogP contribution in [0.1, 0.15) is 41.6 Å². The molecule has 2 aromatic rings. The van der Waals surface area contributed by atoms with Crippen LogP contribution < -0.4 is 0 Å². The molecule has 16 heavy (non-hydrogen) atoms. The van der Waals surface area contributed by atoms with Crippen molar-refractivity contribution in [1.82, 2.24) is 19.8 Å². The van der Waals surface area contributed by atoms with Crippen LogP contribution in [0.25, 0.3) is 5.65 Å². The largest absolute Gasteiger partial charge is 0.476 e. The molecule has 0 aliphatic heterocycles. The summed E-state index contributed by atoms with van der Waals surface area (Å²) >= 11 is 0. The maximum Gasteiger partial charge on any atom is 0.358 e. The highest BCUT2D eigenvalue weighted by atomic mass is 16.4. The van der Waals surface area contributed by atoms with Gasteiger partial charge in [-0.1, -0.05) is 13.8 Å². The summed E-state index contributed by atoms with van der Waals surface area (Å²) in [5.74, 6) is -1.06. The number of fused-ring (bicyclic) bond motifs is 1. The van der Waals surface area contributed by atoms with E-state index in [1.54, 1.807) is 10.6 Å². The van der Waals surface area contributed by atoms with Crippen molar-refractivity contribution < 1.29 is 9.90 Å². The van der Waals surface area contributed by atoms with Crippen LogP contribution in [0.4, 0.5) is 0 Å². The Hall–Kier alpha value is -1.98. The summed E-state index contributed by atoms with van der Waals surface area (Å²) in [6.45, 7) is 5.64. The number of carboxylic acid groups (broad SMARTS) is 1. The molecule has 0 aliphatic carbocycles. The zero-order valence-electron chi connectivity index (χ0n) is 9.30. The Morgan fingerprint density at radius 3 is 2.69 bits per heavy atom. The van der Waals surface area contributed by atoms with Gasteiger partial charge >= 0.3 is 5.97 Å². The standard InChI is InChI=1S/C10H12N4O2/c1-5(2)9-8(10(15)16)12-11-7-4-6(3)13-14(7)9/h4-5H,1-3H3,(H,15,16). The predicted molar refractivity (Wildman–Crippen MR) is 56.6 cm³/mol. The van der Waals surface area contributed by atoms with Gasteiger partial charge in [0.25, 0.3) is 0 Å². The molecule has 1 N–H and O–H groups in total. The number of carbonyl (C=O) groups is 1. The first kappa shape index (κ1) is 10.5. The Labute approximate surface area is 91.9 Å². The van der Waals surface area contributed by atoms with Gasteiger partial charge in [0, 0.05) is 6.07 Å². The molecule has 6 heteroatoms. The fraction of sp³-hybridized carbons (Fsp3) is 0.400. The van der Waals surface area contributed by atoms with E-state index in [1.807, 2.05) is 20.8 Å². The van der Waals surface area contributed by atoms with E-state index in [9.17, 15) is 4.79 Å². The summed E-state index contributed by atoms with van der Waals surface area (Å²) < 4.78 is 1.55. The van der Waals surface area contributed by atoms with Gasteiger partial charge < -0.3 is 5.11 Å². The van der Waals surface area contributed by atoms with E-state index in [2.05, 4.69) is 15.3 Å². The smallest absolute Gasteiger partial charge is 0.358 e. The number of rotatable bonds is 2. The van der Waals surface area contributed by atoms with E-state index in [-0.39, 0.29) is 11.6 Å². The Morgan fingerprint density at radius 1 is 1.44 bits per heavy atom. The molecule has 0 amide bonds. The highest BCUT2D eigenvalue weighted by Crippen LogP contribution is 2.18. The molecule has 0 aliphatic rings. The normalized spacial score (nSPS) is 11.2. The molecule has 0 spiro atoms. The molecule has 0 saturated carbocycles. The highest BCUT2D eigenvalue weighted by molar-refractivity contribution is 5.86. The molecule has 2 rings (SSSR count). The second-order valence-corrected chi connectivity index (χ2v) is 3.95. The lowest BCUT2D eigenvalue weighted by Crippen LogP contribution is -2.14. The first-order valence-electron chi connectivity index (χ1n) is 4.97. The van der Waals surface area contributed by atoms with Crippen LogP contribution >= 0.6 is 0 Å². The summed E-state index contributed by atoms with van der Waals surface area (Å²) in [5.41, 5.74) is 1.90. The van der Waals surface area contributed by atoms with Gasteiger partial charge in [0.2, 0.25) is 0 Å². The molecule has 0 bridgehead atoms. The third kappa shape index (κ3) is 1.52. The van der Waals surface area contributed by atoms with Gasteiger partial charge in [-0.3, -0.25) is 0 Å². The van der Waals surface area contributed by atoms with Crippen LogP contribution in [-0.4, -0.2) is 30.9 Å².